The minimum Gasteiger partial charge on any atom is -0.506 e. The number of hydrogen-bond donors (Lipinski definition) is 1. The molecule has 0 heterocycles. The fraction of sp³-hybridized carbons (Fsp3) is 0. The third kappa shape index (κ3) is 2.05. The van der Waals surface area contributed by atoms with Gasteiger partial charge in [0, 0.05) is 16.7 Å². The number of nitro groups is 1. The van der Waals surface area contributed by atoms with Crippen LogP contribution in [0.4, 0.5) is 5.69 Å². The Bertz CT molecular complexity index is 604. The van der Waals surface area contributed by atoms with E-state index in [9.17, 15) is 23.6 Å². The van der Waals surface area contributed by atoms with E-state index in [0.717, 1.165) is 12.1 Å². The van der Waals surface area contributed by atoms with Crippen LogP contribution in [-0.4, -0.2) is 18.4 Å². The molecule has 1 rings (SSSR count). The minimum atomic E-state index is -4.44. The summed E-state index contributed by atoms with van der Waals surface area (Å²) in [6.07, 6.45) is 0. The number of benzene rings is 1. The third-order valence-electron chi connectivity index (χ3n) is 1.67. The predicted octanol–water partition coefficient (Wildman–Crippen LogP) is 1.10. The lowest BCUT2D eigenvalue weighted by molar-refractivity contribution is -0.385. The summed E-state index contributed by atoms with van der Waals surface area (Å²) >= 11 is 0. The lowest BCUT2D eigenvalue weighted by Gasteiger charge is -2.03. The maximum atomic E-state index is 11.0. The average Bonchev–Trinajstić information content (AvgIpc) is 2.14. The van der Waals surface area contributed by atoms with Crippen LogP contribution >= 0.6 is 10.7 Å². The van der Waals surface area contributed by atoms with Crippen molar-refractivity contribution in [3.05, 3.63) is 27.8 Å². The Morgan fingerprint density at radius 1 is 1.50 bits per heavy atom. The molecular formula is C7H3ClN2O5S. The van der Waals surface area contributed by atoms with Crippen LogP contribution in [0.25, 0.3) is 0 Å². The molecule has 0 saturated heterocycles. The SMILES string of the molecule is N#Cc1c([N+](=O)[O-])ccc(O)c1S(=O)(=O)Cl. The lowest BCUT2D eigenvalue weighted by atomic mass is 10.2. The number of nitro benzene ring substituents is 1. The number of nitriles is 1. The van der Waals surface area contributed by atoms with E-state index in [1.54, 1.807) is 0 Å². The van der Waals surface area contributed by atoms with Crippen LogP contribution in [0.2, 0.25) is 0 Å². The first kappa shape index (κ1) is 12.2. The van der Waals surface area contributed by atoms with Crippen molar-refractivity contribution in [1.29, 1.82) is 5.26 Å². The van der Waals surface area contributed by atoms with Crippen molar-refractivity contribution < 1.29 is 18.4 Å². The first-order valence-corrected chi connectivity index (χ1v) is 5.95. The summed E-state index contributed by atoms with van der Waals surface area (Å²) < 4.78 is 22.1. The largest absolute Gasteiger partial charge is 0.506 e. The molecule has 0 spiro atoms. The van der Waals surface area contributed by atoms with Crippen molar-refractivity contribution in [2.75, 3.05) is 0 Å². The molecular weight excluding hydrogens is 260 g/mol. The molecule has 0 fully saturated rings. The summed E-state index contributed by atoms with van der Waals surface area (Å²) in [6, 6.07) is 2.93. The van der Waals surface area contributed by atoms with E-state index in [0.29, 0.717) is 0 Å². The lowest BCUT2D eigenvalue weighted by Crippen LogP contribution is -2.00. The van der Waals surface area contributed by atoms with Crippen molar-refractivity contribution in [2.24, 2.45) is 0 Å². The molecule has 0 aromatic heterocycles. The van der Waals surface area contributed by atoms with E-state index in [2.05, 4.69) is 0 Å². The van der Waals surface area contributed by atoms with Gasteiger partial charge in [0.2, 0.25) is 0 Å². The van der Waals surface area contributed by atoms with Gasteiger partial charge in [-0.2, -0.15) is 5.26 Å². The first-order chi connectivity index (χ1) is 7.29. The molecule has 0 saturated carbocycles. The van der Waals surface area contributed by atoms with Gasteiger partial charge in [-0.3, -0.25) is 10.1 Å². The van der Waals surface area contributed by atoms with Crippen molar-refractivity contribution >= 4 is 25.4 Å². The molecule has 0 bridgehead atoms. The van der Waals surface area contributed by atoms with Gasteiger partial charge >= 0.3 is 0 Å². The third-order valence-corrected chi connectivity index (χ3v) is 3.03. The van der Waals surface area contributed by atoms with Crippen LogP contribution < -0.4 is 0 Å². The van der Waals surface area contributed by atoms with Crippen LogP contribution in [0, 0.1) is 21.4 Å². The van der Waals surface area contributed by atoms with Gasteiger partial charge in [-0.25, -0.2) is 8.42 Å². The van der Waals surface area contributed by atoms with E-state index in [-0.39, 0.29) is 0 Å². The molecule has 0 aliphatic carbocycles. The summed E-state index contributed by atoms with van der Waals surface area (Å²) in [7, 11) is 0.526. The molecule has 0 atom stereocenters. The Morgan fingerprint density at radius 2 is 2.06 bits per heavy atom. The maximum Gasteiger partial charge on any atom is 0.288 e. The highest BCUT2D eigenvalue weighted by Gasteiger charge is 2.28. The van der Waals surface area contributed by atoms with Crippen molar-refractivity contribution in [2.45, 2.75) is 4.90 Å². The predicted molar refractivity (Wildman–Crippen MR) is 52.5 cm³/mol. The molecule has 84 valence electrons. The summed E-state index contributed by atoms with van der Waals surface area (Å²) in [5.74, 6) is -0.808. The molecule has 0 radical (unpaired) electrons. The topological polar surface area (TPSA) is 121 Å². The molecule has 0 aliphatic heterocycles. The molecule has 1 N–H and O–H groups in total. The number of phenols is 1. The highest BCUT2D eigenvalue weighted by Crippen LogP contribution is 2.34. The molecule has 0 aliphatic rings. The van der Waals surface area contributed by atoms with Gasteiger partial charge in [-0.15, -0.1) is 0 Å². The van der Waals surface area contributed by atoms with E-state index in [1.165, 1.54) is 6.07 Å². The number of hydrogen-bond acceptors (Lipinski definition) is 6. The number of aromatic hydroxyl groups is 1. The summed E-state index contributed by atoms with van der Waals surface area (Å²) in [6.45, 7) is 0. The number of halogens is 1. The smallest absolute Gasteiger partial charge is 0.288 e. The standard InChI is InChI=1S/C7H3ClN2O5S/c8-16(14,15)7-4(3-9)5(10(12)13)1-2-6(7)11/h1-2,11H. The maximum absolute atomic E-state index is 11.0. The zero-order valence-electron chi connectivity index (χ0n) is 7.42. The van der Waals surface area contributed by atoms with Crippen LogP contribution in [0.1, 0.15) is 5.56 Å². The Kier molecular flexibility index (Phi) is 3.02. The quantitative estimate of drug-likeness (QED) is 0.484. The highest BCUT2D eigenvalue weighted by atomic mass is 35.7. The summed E-state index contributed by atoms with van der Waals surface area (Å²) in [4.78, 5) is 8.61. The molecule has 1 aromatic rings. The van der Waals surface area contributed by atoms with Gasteiger partial charge in [0.25, 0.3) is 14.7 Å². The van der Waals surface area contributed by atoms with Gasteiger partial charge < -0.3 is 5.11 Å². The Hall–Kier alpha value is -1.85. The molecule has 0 amide bonds. The molecule has 7 nitrogen and oxygen atoms in total. The Balaban J connectivity index is 3.81. The van der Waals surface area contributed by atoms with Crippen molar-refractivity contribution in [1.82, 2.24) is 0 Å². The van der Waals surface area contributed by atoms with Gasteiger partial charge in [0.1, 0.15) is 16.7 Å². The van der Waals surface area contributed by atoms with Crippen LogP contribution in [0.3, 0.4) is 0 Å². The highest BCUT2D eigenvalue weighted by molar-refractivity contribution is 8.13. The minimum absolute atomic E-state index is 0.737. The first-order valence-electron chi connectivity index (χ1n) is 3.64. The van der Waals surface area contributed by atoms with E-state index >= 15 is 0 Å². The molecule has 16 heavy (non-hydrogen) atoms. The second-order valence-electron chi connectivity index (χ2n) is 2.61. The van der Waals surface area contributed by atoms with E-state index in [1.807, 2.05) is 0 Å². The van der Waals surface area contributed by atoms with Crippen molar-refractivity contribution in [3.63, 3.8) is 0 Å². The number of rotatable bonds is 2. The monoisotopic (exact) mass is 262 g/mol. The van der Waals surface area contributed by atoms with Crippen molar-refractivity contribution in [3.8, 4) is 11.8 Å². The number of nitrogens with zero attached hydrogens (tertiary/aromatic N) is 2. The van der Waals surface area contributed by atoms with Gasteiger partial charge in [0.05, 0.1) is 4.92 Å². The van der Waals surface area contributed by atoms with Crippen LogP contribution in [0.15, 0.2) is 17.0 Å². The second kappa shape index (κ2) is 3.96. The second-order valence-corrected chi connectivity index (χ2v) is 5.12. The zero-order chi connectivity index (χ0) is 12.5. The summed E-state index contributed by atoms with van der Waals surface area (Å²) in [5, 5.41) is 28.4. The normalized spacial score (nSPS) is 10.8. The fourth-order valence-electron chi connectivity index (χ4n) is 1.07. The van der Waals surface area contributed by atoms with Gasteiger partial charge in [-0.1, -0.05) is 0 Å². The van der Waals surface area contributed by atoms with E-state index < -0.39 is 35.9 Å². The summed E-state index contributed by atoms with van der Waals surface area (Å²) in [5.41, 5.74) is -1.53. The Labute approximate surface area is 94.1 Å². The number of phenolic OH excluding ortho intramolecular Hbond substituents is 1. The fourth-order valence-corrected chi connectivity index (χ4v) is 2.25. The molecule has 0 unspecified atom stereocenters. The van der Waals surface area contributed by atoms with Crippen LogP contribution in [-0.2, 0) is 9.05 Å². The Morgan fingerprint density at radius 3 is 2.44 bits per heavy atom. The van der Waals surface area contributed by atoms with E-state index in [4.69, 9.17) is 15.9 Å². The van der Waals surface area contributed by atoms with Gasteiger partial charge in [0.15, 0.2) is 5.56 Å². The molecule has 9 heteroatoms. The van der Waals surface area contributed by atoms with Gasteiger partial charge in [-0.05, 0) is 6.07 Å². The average molecular weight is 263 g/mol. The van der Waals surface area contributed by atoms with Crippen LogP contribution in [0.5, 0.6) is 5.75 Å². The zero-order valence-corrected chi connectivity index (χ0v) is 8.99. The molecule has 1 aromatic carbocycles.